The van der Waals surface area contributed by atoms with Crippen molar-refractivity contribution in [3.8, 4) is 0 Å². The first-order valence-electron chi connectivity index (χ1n) is 5.32. The number of ketones is 1. The molecule has 3 nitrogen and oxygen atoms in total. The van der Waals surface area contributed by atoms with Gasteiger partial charge in [-0.3, -0.25) is 9.78 Å². The Hall–Kier alpha value is -1.90. The number of hydrogen-bond donors (Lipinski definition) is 0. The summed E-state index contributed by atoms with van der Waals surface area (Å²) in [6.45, 7) is 2.42. The van der Waals surface area contributed by atoms with Gasteiger partial charge in [-0.2, -0.15) is 0 Å². The number of carbonyl (C=O) groups excluding carboxylic acids is 1. The zero-order valence-corrected chi connectivity index (χ0v) is 9.26. The van der Waals surface area contributed by atoms with E-state index >= 15 is 0 Å². The molecule has 0 bridgehead atoms. The summed E-state index contributed by atoms with van der Waals surface area (Å²) >= 11 is 0. The lowest BCUT2D eigenvalue weighted by atomic mass is 10.2. The predicted molar refractivity (Wildman–Crippen MR) is 62.4 cm³/mol. The summed E-state index contributed by atoms with van der Waals surface area (Å²) in [6.07, 6.45) is 6.43. The molecule has 0 aliphatic heterocycles. The van der Waals surface area contributed by atoms with E-state index in [9.17, 15) is 4.79 Å². The number of rotatable bonds is 4. The molecule has 0 aliphatic carbocycles. The predicted octanol–water partition coefficient (Wildman–Crippen LogP) is 2.33. The Balaban J connectivity index is 2.05. The van der Waals surface area contributed by atoms with Gasteiger partial charge in [-0.25, -0.2) is 0 Å². The Morgan fingerprint density at radius 3 is 2.75 bits per heavy atom. The van der Waals surface area contributed by atoms with Crippen molar-refractivity contribution in [1.29, 1.82) is 0 Å². The van der Waals surface area contributed by atoms with Gasteiger partial charge in [-0.1, -0.05) is 0 Å². The second kappa shape index (κ2) is 4.75. The molecule has 0 atom stereocenters. The summed E-state index contributed by atoms with van der Waals surface area (Å²) < 4.78 is 1.99. The lowest BCUT2D eigenvalue weighted by Gasteiger charge is -2.06. The third-order valence-corrected chi connectivity index (χ3v) is 2.58. The zero-order chi connectivity index (χ0) is 11.4. The Morgan fingerprint density at radius 2 is 2.06 bits per heavy atom. The molecule has 0 amide bonds. The first-order chi connectivity index (χ1) is 7.77. The SMILES string of the molecule is CC(=O)c1cccn1CCc1ccncc1. The highest BCUT2D eigenvalue weighted by Gasteiger charge is 2.04. The fourth-order valence-electron chi connectivity index (χ4n) is 1.73. The number of aromatic nitrogens is 2. The molecule has 16 heavy (non-hydrogen) atoms. The Bertz CT molecular complexity index is 474. The quantitative estimate of drug-likeness (QED) is 0.732. The highest BCUT2D eigenvalue weighted by atomic mass is 16.1. The first kappa shape index (κ1) is 10.6. The lowest BCUT2D eigenvalue weighted by molar-refractivity contribution is 0.100. The molecule has 2 aromatic heterocycles. The van der Waals surface area contributed by atoms with Crippen molar-refractivity contribution in [1.82, 2.24) is 9.55 Å². The summed E-state index contributed by atoms with van der Waals surface area (Å²) in [4.78, 5) is 15.3. The minimum Gasteiger partial charge on any atom is -0.345 e. The number of carbonyl (C=O) groups is 1. The maximum absolute atomic E-state index is 11.3. The molecule has 0 spiro atoms. The zero-order valence-electron chi connectivity index (χ0n) is 9.26. The minimum absolute atomic E-state index is 0.111. The fraction of sp³-hybridized carbons (Fsp3) is 0.231. The highest BCUT2D eigenvalue weighted by molar-refractivity contribution is 5.92. The first-order valence-corrected chi connectivity index (χ1v) is 5.32. The monoisotopic (exact) mass is 214 g/mol. The van der Waals surface area contributed by atoms with Crippen molar-refractivity contribution in [3.63, 3.8) is 0 Å². The van der Waals surface area contributed by atoms with Crippen LogP contribution in [0.1, 0.15) is 23.0 Å². The Labute approximate surface area is 94.7 Å². The maximum Gasteiger partial charge on any atom is 0.176 e. The van der Waals surface area contributed by atoms with Gasteiger partial charge < -0.3 is 4.57 Å². The van der Waals surface area contributed by atoms with E-state index in [0.717, 1.165) is 18.7 Å². The smallest absolute Gasteiger partial charge is 0.176 e. The van der Waals surface area contributed by atoms with Crippen LogP contribution in [0, 0.1) is 0 Å². The summed E-state index contributed by atoms with van der Waals surface area (Å²) in [7, 11) is 0. The second-order valence-corrected chi connectivity index (χ2v) is 3.75. The van der Waals surface area contributed by atoms with Crippen molar-refractivity contribution in [2.45, 2.75) is 19.9 Å². The molecular formula is C13H14N2O. The third kappa shape index (κ3) is 2.37. The third-order valence-electron chi connectivity index (χ3n) is 2.58. The lowest BCUT2D eigenvalue weighted by Crippen LogP contribution is -2.07. The van der Waals surface area contributed by atoms with Crippen molar-refractivity contribution in [2.24, 2.45) is 0 Å². The minimum atomic E-state index is 0.111. The number of hydrogen-bond acceptors (Lipinski definition) is 2. The molecule has 0 fully saturated rings. The van der Waals surface area contributed by atoms with Crippen LogP contribution in [0.5, 0.6) is 0 Å². The van der Waals surface area contributed by atoms with Gasteiger partial charge in [0, 0.05) is 32.1 Å². The number of Topliss-reactive ketones (excluding diaryl/α,β-unsaturated/α-hetero) is 1. The van der Waals surface area contributed by atoms with E-state index in [1.54, 1.807) is 19.3 Å². The summed E-state index contributed by atoms with van der Waals surface area (Å²) in [5.41, 5.74) is 2.01. The molecule has 0 aromatic carbocycles. The van der Waals surface area contributed by atoms with E-state index in [1.807, 2.05) is 35.0 Å². The van der Waals surface area contributed by atoms with Crippen molar-refractivity contribution < 1.29 is 4.79 Å². The largest absolute Gasteiger partial charge is 0.345 e. The Morgan fingerprint density at radius 1 is 1.31 bits per heavy atom. The molecule has 0 aliphatic rings. The molecule has 82 valence electrons. The van der Waals surface area contributed by atoms with Gasteiger partial charge in [0.15, 0.2) is 5.78 Å². The molecule has 3 heteroatoms. The maximum atomic E-state index is 11.3. The van der Waals surface area contributed by atoms with Gasteiger partial charge in [0.2, 0.25) is 0 Å². The Kier molecular flexibility index (Phi) is 3.15. The van der Waals surface area contributed by atoms with Crippen LogP contribution in [0.4, 0.5) is 0 Å². The molecule has 0 radical (unpaired) electrons. The van der Waals surface area contributed by atoms with E-state index in [2.05, 4.69) is 4.98 Å². The number of pyridine rings is 1. The van der Waals surface area contributed by atoms with Crippen molar-refractivity contribution >= 4 is 5.78 Å². The molecule has 0 saturated carbocycles. The van der Waals surface area contributed by atoms with Gasteiger partial charge in [-0.05, 0) is 36.2 Å². The van der Waals surface area contributed by atoms with Crippen LogP contribution in [0.2, 0.25) is 0 Å². The van der Waals surface area contributed by atoms with Gasteiger partial charge in [0.1, 0.15) is 0 Å². The molecule has 2 rings (SSSR count). The van der Waals surface area contributed by atoms with E-state index in [0.29, 0.717) is 0 Å². The van der Waals surface area contributed by atoms with Crippen molar-refractivity contribution in [3.05, 3.63) is 54.1 Å². The number of aryl methyl sites for hydroxylation is 2. The van der Waals surface area contributed by atoms with E-state index in [-0.39, 0.29) is 5.78 Å². The van der Waals surface area contributed by atoms with Gasteiger partial charge in [0.25, 0.3) is 0 Å². The average molecular weight is 214 g/mol. The molecule has 0 unspecified atom stereocenters. The fourth-order valence-corrected chi connectivity index (χ4v) is 1.73. The molecular weight excluding hydrogens is 200 g/mol. The van der Waals surface area contributed by atoms with E-state index in [1.165, 1.54) is 5.56 Å². The summed E-state index contributed by atoms with van der Waals surface area (Å²) in [5.74, 6) is 0.111. The van der Waals surface area contributed by atoms with Crippen LogP contribution in [-0.4, -0.2) is 15.3 Å². The molecule has 0 saturated heterocycles. The second-order valence-electron chi connectivity index (χ2n) is 3.75. The van der Waals surface area contributed by atoms with Crippen LogP contribution in [0.15, 0.2) is 42.9 Å². The molecule has 0 N–H and O–H groups in total. The van der Waals surface area contributed by atoms with Crippen LogP contribution in [0.3, 0.4) is 0 Å². The van der Waals surface area contributed by atoms with Crippen LogP contribution >= 0.6 is 0 Å². The summed E-state index contributed by atoms with van der Waals surface area (Å²) in [6, 6.07) is 7.76. The molecule has 2 heterocycles. The van der Waals surface area contributed by atoms with Gasteiger partial charge in [-0.15, -0.1) is 0 Å². The van der Waals surface area contributed by atoms with Crippen LogP contribution in [0.25, 0.3) is 0 Å². The van der Waals surface area contributed by atoms with Crippen LogP contribution < -0.4 is 0 Å². The van der Waals surface area contributed by atoms with E-state index in [4.69, 9.17) is 0 Å². The topological polar surface area (TPSA) is 34.9 Å². The number of nitrogens with zero attached hydrogens (tertiary/aromatic N) is 2. The van der Waals surface area contributed by atoms with E-state index < -0.39 is 0 Å². The summed E-state index contributed by atoms with van der Waals surface area (Å²) in [5, 5.41) is 0. The average Bonchev–Trinajstić information content (AvgIpc) is 2.76. The normalized spacial score (nSPS) is 10.3. The highest BCUT2D eigenvalue weighted by Crippen LogP contribution is 2.06. The van der Waals surface area contributed by atoms with Crippen LogP contribution in [-0.2, 0) is 13.0 Å². The van der Waals surface area contributed by atoms with Gasteiger partial charge >= 0.3 is 0 Å². The molecule has 2 aromatic rings. The standard InChI is InChI=1S/C13H14N2O/c1-11(16)13-3-2-9-15(13)10-6-12-4-7-14-8-5-12/h2-5,7-9H,6,10H2,1H3. The van der Waals surface area contributed by atoms with Gasteiger partial charge in [0.05, 0.1) is 5.69 Å². The van der Waals surface area contributed by atoms with Crippen molar-refractivity contribution in [2.75, 3.05) is 0 Å².